The van der Waals surface area contributed by atoms with Gasteiger partial charge in [0.25, 0.3) is 0 Å². The van der Waals surface area contributed by atoms with Crippen LogP contribution in [0.1, 0.15) is 43.6 Å². The van der Waals surface area contributed by atoms with Gasteiger partial charge in [0.2, 0.25) is 0 Å². The number of benzene rings is 1. The predicted octanol–water partition coefficient (Wildman–Crippen LogP) is 2.63. The molecule has 1 aromatic rings. The Kier molecular flexibility index (Phi) is 4.18. The molecule has 0 aromatic heterocycles. The van der Waals surface area contributed by atoms with Crippen LogP contribution < -0.4 is 0 Å². The maximum atomic E-state index is 12.4. The van der Waals surface area contributed by atoms with E-state index in [9.17, 15) is 4.79 Å². The summed E-state index contributed by atoms with van der Waals surface area (Å²) in [5.74, 6) is 0.0768. The van der Waals surface area contributed by atoms with Crippen LogP contribution in [0, 0.1) is 11.3 Å². The highest BCUT2D eigenvalue weighted by Crippen LogP contribution is 2.28. The average Bonchev–Trinajstić information content (AvgIpc) is 2.35. The molecule has 1 heterocycles. The van der Waals surface area contributed by atoms with E-state index in [1.54, 1.807) is 24.3 Å². The number of nitriles is 1. The highest BCUT2D eigenvalue weighted by atomic mass is 16.5. The van der Waals surface area contributed by atoms with Crippen molar-refractivity contribution in [3.63, 3.8) is 0 Å². The van der Waals surface area contributed by atoms with E-state index in [0.29, 0.717) is 17.7 Å². The van der Waals surface area contributed by atoms with Gasteiger partial charge in [-0.2, -0.15) is 5.26 Å². The second kappa shape index (κ2) is 5.59. The summed E-state index contributed by atoms with van der Waals surface area (Å²) in [6, 6.07) is 8.86. The number of hydrogen-bond donors (Lipinski definition) is 0. The normalized spacial score (nSPS) is 20.7. The second-order valence-electron chi connectivity index (χ2n) is 6.88. The molecule has 4 heteroatoms. The van der Waals surface area contributed by atoms with Gasteiger partial charge in [-0.15, -0.1) is 0 Å². The molecule has 2 rings (SSSR count). The summed E-state index contributed by atoms with van der Waals surface area (Å²) in [6.07, 6.45) is 0. The summed E-state index contributed by atoms with van der Waals surface area (Å²) in [6.45, 7) is 10.0. The van der Waals surface area contributed by atoms with E-state index in [1.165, 1.54) is 0 Å². The van der Waals surface area contributed by atoms with Crippen LogP contribution in [0.15, 0.2) is 24.3 Å². The quantitative estimate of drug-likeness (QED) is 0.802. The number of Topliss-reactive ketones (excluding diaryl/α,β-unsaturated/α-hetero) is 1. The van der Waals surface area contributed by atoms with Crippen molar-refractivity contribution in [1.82, 2.24) is 4.90 Å². The monoisotopic (exact) mass is 286 g/mol. The number of hydrogen-bond acceptors (Lipinski definition) is 4. The third kappa shape index (κ3) is 4.13. The van der Waals surface area contributed by atoms with E-state index >= 15 is 0 Å². The number of ketones is 1. The lowest BCUT2D eigenvalue weighted by molar-refractivity contribution is -0.178. The molecule has 1 saturated heterocycles. The smallest absolute Gasteiger partial charge is 0.176 e. The predicted molar refractivity (Wildman–Crippen MR) is 81.2 cm³/mol. The standard InChI is InChI=1S/C17H22N2O2/c1-16(2)11-19(12-17(3,4)21-16)10-15(20)14-7-5-13(9-18)6-8-14/h5-8H,10-12H2,1-4H3. The average molecular weight is 286 g/mol. The zero-order valence-electron chi connectivity index (χ0n) is 13.1. The third-order valence-corrected chi connectivity index (χ3v) is 3.46. The first-order valence-corrected chi connectivity index (χ1v) is 7.17. The lowest BCUT2D eigenvalue weighted by atomic mass is 9.98. The molecule has 112 valence electrons. The minimum atomic E-state index is -0.257. The van der Waals surface area contributed by atoms with Crippen LogP contribution in [0.3, 0.4) is 0 Å². The van der Waals surface area contributed by atoms with Gasteiger partial charge in [-0.1, -0.05) is 12.1 Å². The number of carbonyl (C=O) groups excluding carboxylic acids is 1. The van der Waals surface area contributed by atoms with Gasteiger partial charge < -0.3 is 4.74 Å². The van der Waals surface area contributed by atoms with Crippen molar-refractivity contribution in [2.45, 2.75) is 38.9 Å². The minimum absolute atomic E-state index is 0.0768. The molecule has 0 saturated carbocycles. The molecule has 0 aliphatic carbocycles. The van der Waals surface area contributed by atoms with Gasteiger partial charge in [0, 0.05) is 18.7 Å². The zero-order valence-corrected chi connectivity index (χ0v) is 13.1. The first-order chi connectivity index (χ1) is 9.71. The number of ether oxygens (including phenoxy) is 1. The van der Waals surface area contributed by atoms with Gasteiger partial charge >= 0.3 is 0 Å². The molecular weight excluding hydrogens is 264 g/mol. The summed E-state index contributed by atoms with van der Waals surface area (Å²) >= 11 is 0. The van der Waals surface area contributed by atoms with E-state index < -0.39 is 0 Å². The highest BCUT2D eigenvalue weighted by molar-refractivity contribution is 5.97. The molecule has 0 atom stereocenters. The topological polar surface area (TPSA) is 53.3 Å². The van der Waals surface area contributed by atoms with Crippen molar-refractivity contribution in [1.29, 1.82) is 5.26 Å². The van der Waals surface area contributed by atoms with E-state index in [0.717, 1.165) is 13.1 Å². The van der Waals surface area contributed by atoms with Gasteiger partial charge in [-0.25, -0.2) is 0 Å². The molecule has 21 heavy (non-hydrogen) atoms. The summed E-state index contributed by atoms with van der Waals surface area (Å²) in [5, 5.41) is 8.79. The van der Waals surface area contributed by atoms with Crippen molar-refractivity contribution < 1.29 is 9.53 Å². The van der Waals surface area contributed by atoms with Gasteiger partial charge in [0.15, 0.2) is 5.78 Å². The van der Waals surface area contributed by atoms with E-state index in [4.69, 9.17) is 10.00 Å². The minimum Gasteiger partial charge on any atom is -0.367 e. The molecule has 0 radical (unpaired) electrons. The van der Waals surface area contributed by atoms with Crippen LogP contribution in [-0.4, -0.2) is 41.5 Å². The Hall–Kier alpha value is -1.70. The van der Waals surface area contributed by atoms with Crippen molar-refractivity contribution in [3.05, 3.63) is 35.4 Å². The molecule has 1 aliphatic heterocycles. The molecule has 0 unspecified atom stereocenters. The van der Waals surface area contributed by atoms with Gasteiger partial charge in [-0.3, -0.25) is 9.69 Å². The second-order valence-corrected chi connectivity index (χ2v) is 6.88. The Morgan fingerprint density at radius 2 is 1.71 bits per heavy atom. The highest BCUT2D eigenvalue weighted by Gasteiger charge is 2.38. The van der Waals surface area contributed by atoms with Crippen molar-refractivity contribution in [2.75, 3.05) is 19.6 Å². The molecule has 4 nitrogen and oxygen atoms in total. The summed E-state index contributed by atoms with van der Waals surface area (Å²) < 4.78 is 6.02. The SMILES string of the molecule is CC1(C)CN(CC(=O)c2ccc(C#N)cc2)CC(C)(C)O1. The number of carbonyl (C=O) groups is 1. The molecule has 0 amide bonds. The number of rotatable bonds is 3. The van der Waals surface area contributed by atoms with E-state index in [-0.39, 0.29) is 17.0 Å². The fraction of sp³-hybridized carbons (Fsp3) is 0.529. The Morgan fingerprint density at radius 1 is 1.19 bits per heavy atom. The molecule has 1 fully saturated rings. The lowest BCUT2D eigenvalue weighted by Crippen LogP contribution is -2.58. The molecule has 0 bridgehead atoms. The first kappa shape index (κ1) is 15.7. The Balaban J connectivity index is 2.06. The third-order valence-electron chi connectivity index (χ3n) is 3.46. The van der Waals surface area contributed by atoms with Crippen LogP contribution in [0.25, 0.3) is 0 Å². The molecule has 1 aromatic carbocycles. The van der Waals surface area contributed by atoms with Crippen LogP contribution in [0.4, 0.5) is 0 Å². The fourth-order valence-corrected chi connectivity index (χ4v) is 3.08. The van der Waals surface area contributed by atoms with Crippen molar-refractivity contribution >= 4 is 5.78 Å². The van der Waals surface area contributed by atoms with Crippen LogP contribution in [0.5, 0.6) is 0 Å². The number of morpholine rings is 1. The lowest BCUT2D eigenvalue weighted by Gasteiger charge is -2.47. The molecule has 0 spiro atoms. The fourth-order valence-electron chi connectivity index (χ4n) is 3.08. The summed E-state index contributed by atoms with van der Waals surface area (Å²) in [4.78, 5) is 14.5. The largest absolute Gasteiger partial charge is 0.367 e. The van der Waals surface area contributed by atoms with Gasteiger partial charge in [0.05, 0.1) is 29.4 Å². The summed E-state index contributed by atoms with van der Waals surface area (Å²) in [5.41, 5.74) is 0.704. The van der Waals surface area contributed by atoms with Crippen LogP contribution >= 0.6 is 0 Å². The Morgan fingerprint density at radius 3 is 2.19 bits per heavy atom. The van der Waals surface area contributed by atoms with Crippen molar-refractivity contribution in [3.8, 4) is 6.07 Å². The van der Waals surface area contributed by atoms with E-state index in [1.807, 2.05) is 27.7 Å². The van der Waals surface area contributed by atoms with Gasteiger partial charge in [0.1, 0.15) is 0 Å². The Labute approximate surface area is 126 Å². The number of nitrogens with zero attached hydrogens (tertiary/aromatic N) is 2. The zero-order chi connectivity index (χ0) is 15.7. The van der Waals surface area contributed by atoms with Crippen molar-refractivity contribution in [2.24, 2.45) is 0 Å². The first-order valence-electron chi connectivity index (χ1n) is 7.17. The molecule has 0 N–H and O–H groups in total. The van der Waals surface area contributed by atoms with E-state index in [2.05, 4.69) is 11.0 Å². The Bertz CT molecular complexity index is 551. The van der Waals surface area contributed by atoms with Crippen LogP contribution in [-0.2, 0) is 4.74 Å². The molecular formula is C17H22N2O2. The molecule has 1 aliphatic rings. The maximum absolute atomic E-state index is 12.4. The summed E-state index contributed by atoms with van der Waals surface area (Å²) in [7, 11) is 0. The van der Waals surface area contributed by atoms with Gasteiger partial charge in [-0.05, 0) is 39.8 Å². The van der Waals surface area contributed by atoms with Crippen LogP contribution in [0.2, 0.25) is 0 Å². The maximum Gasteiger partial charge on any atom is 0.176 e.